The Morgan fingerprint density at radius 2 is 1.73 bits per heavy atom. The molecule has 78 valence electrons. The van der Waals surface area contributed by atoms with Crippen LogP contribution in [0.25, 0.3) is 5.82 Å². The van der Waals surface area contributed by atoms with E-state index in [-0.39, 0.29) is 0 Å². The van der Waals surface area contributed by atoms with Crippen LogP contribution in [0.3, 0.4) is 0 Å². The summed E-state index contributed by atoms with van der Waals surface area (Å²) in [6.45, 7) is 6.21. The quantitative estimate of drug-likeness (QED) is 0.770. The maximum absolute atomic E-state index is 4.46. The van der Waals surface area contributed by atoms with Crippen LogP contribution in [0.4, 0.5) is 0 Å². The molecule has 0 unspecified atom stereocenters. The van der Waals surface area contributed by atoms with Gasteiger partial charge < -0.3 is 4.57 Å². The van der Waals surface area contributed by atoms with Crippen molar-refractivity contribution in [1.82, 2.24) is 9.55 Å². The van der Waals surface area contributed by atoms with Crippen LogP contribution in [0.2, 0.25) is 0 Å². The normalized spacial score (nSPS) is 10.7. The summed E-state index contributed by atoms with van der Waals surface area (Å²) >= 11 is 3.55. The monoisotopic (exact) mass is 264 g/mol. The Morgan fingerprint density at radius 3 is 2.27 bits per heavy atom. The third-order valence-electron chi connectivity index (χ3n) is 2.44. The first kappa shape index (κ1) is 10.4. The summed E-state index contributed by atoms with van der Waals surface area (Å²) in [6, 6.07) is 6.29. The summed E-state index contributed by atoms with van der Waals surface area (Å²) in [6.07, 6.45) is 1.89. The number of rotatable bonds is 1. The number of aromatic nitrogens is 2. The Labute approximate surface area is 98.1 Å². The van der Waals surface area contributed by atoms with Gasteiger partial charge in [-0.05, 0) is 60.5 Å². The van der Waals surface area contributed by atoms with Gasteiger partial charge in [0, 0.05) is 17.6 Å². The number of hydrogen-bond acceptors (Lipinski definition) is 1. The highest BCUT2D eigenvalue weighted by molar-refractivity contribution is 9.10. The van der Waals surface area contributed by atoms with Crippen molar-refractivity contribution >= 4 is 15.9 Å². The van der Waals surface area contributed by atoms with E-state index < -0.39 is 0 Å². The van der Waals surface area contributed by atoms with Gasteiger partial charge in [-0.3, -0.25) is 0 Å². The van der Waals surface area contributed by atoms with Gasteiger partial charge in [0.1, 0.15) is 0 Å². The molecule has 0 amide bonds. The Hall–Kier alpha value is -1.09. The van der Waals surface area contributed by atoms with E-state index in [4.69, 9.17) is 0 Å². The molecule has 2 heterocycles. The standard InChI is InChI=1S/C12H13BrN2/c1-8-6-11(13)12(14-7-8)15-9(2)4-5-10(15)3/h4-7H,1-3H3. The fraction of sp³-hybridized carbons (Fsp3) is 0.250. The minimum atomic E-state index is 0.959. The predicted molar refractivity (Wildman–Crippen MR) is 65.5 cm³/mol. The molecule has 0 aromatic carbocycles. The SMILES string of the molecule is Cc1cnc(-n2c(C)ccc2C)c(Br)c1. The highest BCUT2D eigenvalue weighted by Crippen LogP contribution is 2.23. The largest absolute Gasteiger partial charge is 0.302 e. The molecule has 2 aromatic heterocycles. The lowest BCUT2D eigenvalue weighted by molar-refractivity contribution is 0.913. The Balaban J connectivity index is 2.64. The molecule has 0 bridgehead atoms. The zero-order valence-corrected chi connectivity index (χ0v) is 10.7. The van der Waals surface area contributed by atoms with E-state index in [2.05, 4.69) is 57.5 Å². The van der Waals surface area contributed by atoms with Crippen LogP contribution in [0.5, 0.6) is 0 Å². The van der Waals surface area contributed by atoms with Crippen LogP contribution in [0, 0.1) is 20.8 Å². The summed E-state index contributed by atoms with van der Waals surface area (Å²) in [7, 11) is 0. The molecule has 0 N–H and O–H groups in total. The van der Waals surface area contributed by atoms with Gasteiger partial charge in [-0.2, -0.15) is 0 Å². The van der Waals surface area contributed by atoms with Crippen LogP contribution >= 0.6 is 15.9 Å². The lowest BCUT2D eigenvalue weighted by atomic mass is 10.3. The van der Waals surface area contributed by atoms with Crippen molar-refractivity contribution < 1.29 is 0 Å². The first-order chi connectivity index (χ1) is 7.09. The number of pyridine rings is 1. The maximum atomic E-state index is 4.46. The average Bonchev–Trinajstić information content (AvgIpc) is 2.48. The second-order valence-electron chi connectivity index (χ2n) is 3.77. The van der Waals surface area contributed by atoms with Crippen LogP contribution in [0.15, 0.2) is 28.9 Å². The molecule has 2 nitrogen and oxygen atoms in total. The van der Waals surface area contributed by atoms with E-state index in [1.165, 1.54) is 11.4 Å². The first-order valence-corrected chi connectivity index (χ1v) is 5.66. The Morgan fingerprint density at radius 1 is 1.13 bits per heavy atom. The summed E-state index contributed by atoms with van der Waals surface area (Å²) < 4.78 is 3.17. The van der Waals surface area contributed by atoms with Crippen LogP contribution in [-0.2, 0) is 0 Å². The first-order valence-electron chi connectivity index (χ1n) is 4.87. The number of hydrogen-bond donors (Lipinski definition) is 0. The molecule has 0 fully saturated rings. The third kappa shape index (κ3) is 1.84. The van der Waals surface area contributed by atoms with Crippen molar-refractivity contribution in [2.45, 2.75) is 20.8 Å². The molecule has 0 aliphatic carbocycles. The lowest BCUT2D eigenvalue weighted by Crippen LogP contribution is -2.02. The van der Waals surface area contributed by atoms with E-state index in [1.54, 1.807) is 0 Å². The molecule has 0 saturated carbocycles. The van der Waals surface area contributed by atoms with Crippen molar-refractivity contribution in [3.63, 3.8) is 0 Å². The van der Waals surface area contributed by atoms with Gasteiger partial charge >= 0.3 is 0 Å². The van der Waals surface area contributed by atoms with Gasteiger partial charge in [-0.25, -0.2) is 4.98 Å². The van der Waals surface area contributed by atoms with E-state index in [1.807, 2.05) is 13.1 Å². The van der Waals surface area contributed by atoms with E-state index >= 15 is 0 Å². The molecule has 15 heavy (non-hydrogen) atoms. The van der Waals surface area contributed by atoms with Crippen molar-refractivity contribution in [1.29, 1.82) is 0 Å². The second-order valence-corrected chi connectivity index (χ2v) is 4.62. The summed E-state index contributed by atoms with van der Waals surface area (Å²) in [5.41, 5.74) is 3.56. The van der Waals surface area contributed by atoms with Crippen molar-refractivity contribution in [3.05, 3.63) is 45.8 Å². The maximum Gasteiger partial charge on any atom is 0.151 e. The van der Waals surface area contributed by atoms with Crippen LogP contribution < -0.4 is 0 Å². The van der Waals surface area contributed by atoms with Gasteiger partial charge in [0.15, 0.2) is 5.82 Å². The number of nitrogens with zero attached hydrogens (tertiary/aromatic N) is 2. The zero-order chi connectivity index (χ0) is 11.0. The molecule has 3 heteroatoms. The smallest absolute Gasteiger partial charge is 0.151 e. The molecule has 0 aliphatic heterocycles. The predicted octanol–water partition coefficient (Wildman–Crippen LogP) is 3.56. The fourth-order valence-corrected chi connectivity index (χ4v) is 2.33. The molecular formula is C12H13BrN2. The topological polar surface area (TPSA) is 17.8 Å². The van der Waals surface area contributed by atoms with Gasteiger partial charge in [0.25, 0.3) is 0 Å². The highest BCUT2D eigenvalue weighted by atomic mass is 79.9. The fourth-order valence-electron chi connectivity index (χ4n) is 1.69. The van der Waals surface area contributed by atoms with E-state index in [9.17, 15) is 0 Å². The van der Waals surface area contributed by atoms with Crippen molar-refractivity contribution in [2.75, 3.05) is 0 Å². The van der Waals surface area contributed by atoms with Gasteiger partial charge in [0.05, 0.1) is 4.47 Å². The summed E-state index contributed by atoms with van der Waals surface area (Å²) in [5, 5.41) is 0. The van der Waals surface area contributed by atoms with Gasteiger partial charge in [-0.1, -0.05) is 0 Å². The minimum absolute atomic E-state index is 0.959. The molecule has 0 spiro atoms. The van der Waals surface area contributed by atoms with E-state index in [0.29, 0.717) is 0 Å². The average molecular weight is 265 g/mol. The van der Waals surface area contributed by atoms with Gasteiger partial charge in [-0.15, -0.1) is 0 Å². The van der Waals surface area contributed by atoms with Crippen molar-refractivity contribution in [2.24, 2.45) is 0 Å². The molecule has 2 rings (SSSR count). The van der Waals surface area contributed by atoms with Crippen molar-refractivity contribution in [3.8, 4) is 5.82 Å². The highest BCUT2D eigenvalue weighted by Gasteiger charge is 2.08. The zero-order valence-electron chi connectivity index (χ0n) is 9.08. The molecule has 0 saturated heterocycles. The molecular weight excluding hydrogens is 252 g/mol. The minimum Gasteiger partial charge on any atom is -0.302 e. The number of halogens is 1. The lowest BCUT2D eigenvalue weighted by Gasteiger charge is -2.10. The Bertz CT molecular complexity index is 481. The Kier molecular flexibility index (Phi) is 2.65. The molecule has 2 aromatic rings. The molecule has 0 atom stereocenters. The van der Waals surface area contributed by atoms with Crippen LogP contribution in [-0.4, -0.2) is 9.55 Å². The molecule has 0 aliphatic rings. The third-order valence-corrected chi connectivity index (χ3v) is 3.02. The van der Waals surface area contributed by atoms with E-state index in [0.717, 1.165) is 15.9 Å². The summed E-state index contributed by atoms with van der Waals surface area (Å²) in [4.78, 5) is 4.46. The summed E-state index contributed by atoms with van der Waals surface area (Å²) in [5.74, 6) is 0.959. The number of aryl methyl sites for hydroxylation is 3. The molecule has 0 radical (unpaired) electrons. The van der Waals surface area contributed by atoms with Crippen LogP contribution in [0.1, 0.15) is 17.0 Å². The van der Waals surface area contributed by atoms with Gasteiger partial charge in [0.2, 0.25) is 0 Å². The second kappa shape index (κ2) is 3.81.